The quantitative estimate of drug-likeness (QED) is 0.368. The lowest BCUT2D eigenvalue weighted by molar-refractivity contribution is -0.384. The lowest BCUT2D eigenvalue weighted by Crippen LogP contribution is -1.99. The second kappa shape index (κ2) is 5.65. The van der Waals surface area contributed by atoms with Crippen LogP contribution in [0.15, 0.2) is 23.2 Å². The van der Waals surface area contributed by atoms with Crippen molar-refractivity contribution in [1.82, 2.24) is 0 Å². The summed E-state index contributed by atoms with van der Waals surface area (Å²) in [7, 11) is 1.17. The normalized spacial score (nSPS) is 11.1. The zero-order valence-corrected chi connectivity index (χ0v) is 10.2. The molecule has 0 unspecified atom stereocenters. The van der Waals surface area contributed by atoms with Crippen molar-refractivity contribution in [1.29, 1.82) is 0 Å². The Labute approximate surface area is 107 Å². The van der Waals surface area contributed by atoms with Crippen LogP contribution in [-0.2, 0) is 9.53 Å². The molecule has 1 aromatic rings. The summed E-state index contributed by atoms with van der Waals surface area (Å²) in [5, 5.41) is 10.6. The third-order valence-corrected chi connectivity index (χ3v) is 2.46. The number of nitro benzene ring substituents is 1. The van der Waals surface area contributed by atoms with Crippen molar-refractivity contribution in [2.24, 2.45) is 0 Å². The van der Waals surface area contributed by atoms with Gasteiger partial charge in [-0.1, -0.05) is 23.2 Å². The van der Waals surface area contributed by atoms with Crippen LogP contribution in [0.4, 0.5) is 5.69 Å². The van der Waals surface area contributed by atoms with E-state index in [1.807, 2.05) is 0 Å². The zero-order chi connectivity index (χ0) is 13.0. The van der Waals surface area contributed by atoms with E-state index in [1.54, 1.807) is 0 Å². The molecule has 17 heavy (non-hydrogen) atoms. The molecule has 0 heterocycles. The number of non-ortho nitro benzene ring substituents is 1. The number of carbonyl (C=O) groups is 1. The maximum absolute atomic E-state index is 11.0. The average molecular weight is 276 g/mol. The summed E-state index contributed by atoms with van der Waals surface area (Å²) in [5.74, 6) is -0.741. The Hall–Kier alpha value is -1.59. The van der Waals surface area contributed by atoms with E-state index in [9.17, 15) is 14.9 Å². The molecule has 0 spiro atoms. The lowest BCUT2D eigenvalue weighted by Gasteiger charge is -2.00. The van der Waals surface area contributed by atoms with Crippen LogP contribution >= 0.6 is 23.2 Å². The number of rotatable bonds is 3. The van der Waals surface area contributed by atoms with Gasteiger partial charge in [0.15, 0.2) is 0 Å². The van der Waals surface area contributed by atoms with E-state index in [4.69, 9.17) is 23.2 Å². The second-order valence-corrected chi connectivity index (χ2v) is 3.76. The number of esters is 1. The summed E-state index contributed by atoms with van der Waals surface area (Å²) in [6, 6.07) is 3.83. The molecule has 0 aliphatic heterocycles. The van der Waals surface area contributed by atoms with E-state index in [-0.39, 0.29) is 21.3 Å². The van der Waals surface area contributed by atoms with Crippen molar-refractivity contribution in [3.8, 4) is 0 Å². The summed E-state index contributed by atoms with van der Waals surface area (Å²) in [6.07, 6.45) is 1.21. The number of hydrogen-bond acceptors (Lipinski definition) is 4. The summed E-state index contributed by atoms with van der Waals surface area (Å²) >= 11 is 11.4. The van der Waals surface area contributed by atoms with Gasteiger partial charge in [-0.25, -0.2) is 4.79 Å². The number of hydrogen-bond donors (Lipinski definition) is 0. The molecule has 0 radical (unpaired) electrons. The fraction of sp³-hybridized carbons (Fsp3) is 0.100. The number of methoxy groups -OCH3 is 1. The maximum Gasteiger partial charge on any atom is 0.349 e. The van der Waals surface area contributed by atoms with Gasteiger partial charge in [0.05, 0.1) is 12.0 Å². The molecule has 0 aliphatic carbocycles. The molecule has 0 bridgehead atoms. The van der Waals surface area contributed by atoms with Gasteiger partial charge in [0.1, 0.15) is 5.03 Å². The first-order valence-electron chi connectivity index (χ1n) is 4.35. The molecule has 0 aromatic heterocycles. The maximum atomic E-state index is 11.0. The van der Waals surface area contributed by atoms with Gasteiger partial charge < -0.3 is 4.74 Å². The molecule has 7 heteroatoms. The zero-order valence-electron chi connectivity index (χ0n) is 8.65. The summed E-state index contributed by atoms with van der Waals surface area (Å²) in [6.45, 7) is 0. The van der Waals surface area contributed by atoms with E-state index in [1.165, 1.54) is 31.4 Å². The van der Waals surface area contributed by atoms with Gasteiger partial charge in [-0.15, -0.1) is 0 Å². The van der Waals surface area contributed by atoms with Crippen LogP contribution < -0.4 is 0 Å². The molecular weight excluding hydrogens is 269 g/mol. The molecule has 1 rings (SSSR count). The molecule has 0 atom stereocenters. The first kappa shape index (κ1) is 13.5. The average Bonchev–Trinajstić information content (AvgIpc) is 2.30. The van der Waals surface area contributed by atoms with Gasteiger partial charge in [-0.05, 0) is 12.1 Å². The van der Waals surface area contributed by atoms with Crippen molar-refractivity contribution in [2.45, 2.75) is 0 Å². The molecule has 0 aliphatic rings. The lowest BCUT2D eigenvalue weighted by atomic mass is 10.2. The largest absolute Gasteiger partial charge is 0.465 e. The highest BCUT2D eigenvalue weighted by molar-refractivity contribution is 6.43. The molecular formula is C10H7Cl2NO4. The third-order valence-electron chi connectivity index (χ3n) is 1.85. The Morgan fingerprint density at radius 2 is 2.18 bits per heavy atom. The Bertz CT molecular complexity index is 499. The molecule has 90 valence electrons. The van der Waals surface area contributed by atoms with Gasteiger partial charge in [0.2, 0.25) is 0 Å². The first-order chi connectivity index (χ1) is 7.95. The SMILES string of the molecule is COC(=O)C(Cl)=Cc1cc([N+](=O)[O-])ccc1Cl. The predicted octanol–water partition coefficient (Wildman–Crippen LogP) is 3.00. The van der Waals surface area contributed by atoms with E-state index in [0.29, 0.717) is 0 Å². The Balaban J connectivity index is 3.17. The molecule has 0 saturated heterocycles. The van der Waals surface area contributed by atoms with Crippen molar-refractivity contribution in [2.75, 3.05) is 7.11 Å². The minimum atomic E-state index is -0.741. The van der Waals surface area contributed by atoms with Crippen molar-refractivity contribution in [3.05, 3.63) is 43.9 Å². The molecule has 0 N–H and O–H groups in total. The van der Waals surface area contributed by atoms with Crippen LogP contribution in [-0.4, -0.2) is 18.0 Å². The van der Waals surface area contributed by atoms with Gasteiger partial charge in [-0.2, -0.15) is 0 Å². The highest BCUT2D eigenvalue weighted by Crippen LogP contribution is 2.25. The number of ether oxygens (including phenoxy) is 1. The fourth-order valence-corrected chi connectivity index (χ4v) is 1.42. The van der Waals surface area contributed by atoms with E-state index in [0.717, 1.165) is 0 Å². The standard InChI is InChI=1S/C10H7Cl2NO4/c1-17-10(14)9(12)5-6-4-7(13(15)16)2-3-8(6)11/h2-5H,1H3. The van der Waals surface area contributed by atoms with Gasteiger partial charge in [-0.3, -0.25) is 10.1 Å². The smallest absolute Gasteiger partial charge is 0.349 e. The minimum absolute atomic E-state index is 0.144. The Kier molecular flexibility index (Phi) is 4.48. The van der Waals surface area contributed by atoms with E-state index in [2.05, 4.69) is 4.74 Å². The van der Waals surface area contributed by atoms with Crippen LogP contribution in [0.2, 0.25) is 5.02 Å². The van der Waals surface area contributed by atoms with Crippen LogP contribution in [0.1, 0.15) is 5.56 Å². The second-order valence-electron chi connectivity index (χ2n) is 2.95. The van der Waals surface area contributed by atoms with Gasteiger partial charge in [0.25, 0.3) is 5.69 Å². The van der Waals surface area contributed by atoms with Crippen LogP contribution in [0, 0.1) is 10.1 Å². The molecule has 0 amide bonds. The summed E-state index contributed by atoms with van der Waals surface area (Å²) in [5.41, 5.74) is 0.131. The van der Waals surface area contributed by atoms with E-state index < -0.39 is 10.9 Å². The number of carbonyl (C=O) groups excluding carboxylic acids is 1. The van der Waals surface area contributed by atoms with Crippen molar-refractivity contribution >= 4 is 40.9 Å². The van der Waals surface area contributed by atoms with Crippen LogP contribution in [0.5, 0.6) is 0 Å². The Morgan fingerprint density at radius 1 is 1.53 bits per heavy atom. The first-order valence-corrected chi connectivity index (χ1v) is 5.10. The number of nitrogens with zero attached hydrogens (tertiary/aromatic N) is 1. The Morgan fingerprint density at radius 3 is 2.71 bits per heavy atom. The number of halogens is 2. The number of nitro groups is 1. The summed E-state index contributed by atoms with van der Waals surface area (Å²) < 4.78 is 4.39. The molecule has 0 fully saturated rings. The minimum Gasteiger partial charge on any atom is -0.465 e. The summed E-state index contributed by atoms with van der Waals surface area (Å²) in [4.78, 5) is 21.0. The topological polar surface area (TPSA) is 69.4 Å². The van der Waals surface area contributed by atoms with Gasteiger partial charge in [0, 0.05) is 22.7 Å². The van der Waals surface area contributed by atoms with Crippen molar-refractivity contribution in [3.63, 3.8) is 0 Å². The van der Waals surface area contributed by atoms with Crippen molar-refractivity contribution < 1.29 is 14.5 Å². The number of benzene rings is 1. The third kappa shape index (κ3) is 3.44. The highest BCUT2D eigenvalue weighted by Gasteiger charge is 2.11. The van der Waals surface area contributed by atoms with Crippen LogP contribution in [0.3, 0.4) is 0 Å². The predicted molar refractivity (Wildman–Crippen MR) is 64.0 cm³/mol. The fourth-order valence-electron chi connectivity index (χ4n) is 1.05. The molecule has 5 nitrogen and oxygen atoms in total. The monoisotopic (exact) mass is 275 g/mol. The highest BCUT2D eigenvalue weighted by atomic mass is 35.5. The molecule has 0 saturated carbocycles. The van der Waals surface area contributed by atoms with Crippen LogP contribution in [0.25, 0.3) is 6.08 Å². The molecule has 1 aromatic carbocycles. The van der Waals surface area contributed by atoms with E-state index >= 15 is 0 Å². The van der Waals surface area contributed by atoms with Gasteiger partial charge >= 0.3 is 5.97 Å².